The molecule has 2 heterocycles. The Bertz CT molecular complexity index is 1040. The number of carbonyl (C=O) groups excluding carboxylic acids is 1. The van der Waals surface area contributed by atoms with E-state index in [1.54, 1.807) is 18.2 Å². The zero-order chi connectivity index (χ0) is 20.1. The maximum Gasteiger partial charge on any atom is 0.161 e. The van der Waals surface area contributed by atoms with Crippen LogP contribution in [-0.4, -0.2) is 15.8 Å². The number of aromatic nitrogens is 2. The third kappa shape index (κ3) is 4.68. The number of Topliss-reactive ketones (excluding diaryl/α,β-unsaturated/α-hetero) is 1. The van der Waals surface area contributed by atoms with Crippen molar-refractivity contribution in [1.82, 2.24) is 9.97 Å². The highest BCUT2D eigenvalue weighted by Crippen LogP contribution is 2.31. The van der Waals surface area contributed by atoms with Gasteiger partial charge in [-0.1, -0.05) is 25.4 Å². The molecule has 0 bridgehead atoms. The van der Waals surface area contributed by atoms with Crippen LogP contribution in [0.1, 0.15) is 42.4 Å². The molecule has 1 atom stereocenters. The molecule has 0 amide bonds. The minimum Gasteiger partial charge on any atom is -0.396 e. The molecule has 3 rings (SSSR count). The Labute approximate surface area is 164 Å². The molecule has 0 spiro atoms. The van der Waals surface area contributed by atoms with Gasteiger partial charge in [0.15, 0.2) is 5.78 Å². The fraction of sp³-hybridized carbons (Fsp3) is 0.150. The Morgan fingerprint density at radius 3 is 2.52 bits per heavy atom. The van der Waals surface area contributed by atoms with Gasteiger partial charge in [0.1, 0.15) is 5.82 Å². The molecule has 140 valence electrons. The molecule has 1 aromatic carbocycles. The summed E-state index contributed by atoms with van der Waals surface area (Å²) in [4.78, 5) is 20.2. The van der Waals surface area contributed by atoms with E-state index in [4.69, 9.17) is 17.3 Å². The maximum atomic E-state index is 14.1. The van der Waals surface area contributed by atoms with Crippen molar-refractivity contribution in [2.24, 2.45) is 5.73 Å². The summed E-state index contributed by atoms with van der Waals surface area (Å²) in [6, 6.07) is 9.36. The first kappa shape index (κ1) is 20.9. The first-order valence-corrected chi connectivity index (χ1v) is 9.31. The quantitative estimate of drug-likeness (QED) is 0.475. The van der Waals surface area contributed by atoms with Crippen LogP contribution in [0.15, 0.2) is 42.6 Å². The number of pyridine rings is 2. The molecule has 0 aliphatic heterocycles. The van der Waals surface area contributed by atoms with Gasteiger partial charge in [0.25, 0.3) is 0 Å². The molecule has 0 fully saturated rings. The van der Waals surface area contributed by atoms with Crippen LogP contribution >= 0.6 is 20.8 Å². The maximum absolute atomic E-state index is 14.1. The van der Waals surface area contributed by atoms with Gasteiger partial charge >= 0.3 is 0 Å². The van der Waals surface area contributed by atoms with Gasteiger partial charge in [-0.15, -0.1) is 9.24 Å². The fourth-order valence-corrected chi connectivity index (χ4v) is 2.88. The second kappa shape index (κ2) is 9.03. The lowest BCUT2D eigenvalue weighted by Gasteiger charge is -2.10. The average molecular weight is 404 g/mol. The van der Waals surface area contributed by atoms with Crippen LogP contribution < -0.4 is 5.73 Å². The van der Waals surface area contributed by atoms with Crippen LogP contribution in [0, 0.1) is 5.82 Å². The largest absolute Gasteiger partial charge is 0.396 e. The Morgan fingerprint density at radius 1 is 1.15 bits per heavy atom. The highest BCUT2D eigenvalue weighted by molar-refractivity contribution is 7.32. The van der Waals surface area contributed by atoms with Crippen molar-refractivity contribution in [1.29, 1.82) is 0 Å². The Morgan fingerprint density at radius 2 is 1.85 bits per heavy atom. The molecule has 0 radical (unpaired) electrons. The summed E-state index contributed by atoms with van der Waals surface area (Å²) in [5.41, 5.74) is 8.86. The number of carbonyl (C=O) groups is 1. The van der Waals surface area contributed by atoms with Gasteiger partial charge < -0.3 is 5.73 Å². The number of fused-ring (bicyclic) bond motifs is 1. The first-order valence-electron chi connectivity index (χ1n) is 8.35. The van der Waals surface area contributed by atoms with Gasteiger partial charge in [0.2, 0.25) is 0 Å². The monoisotopic (exact) mass is 403 g/mol. The van der Waals surface area contributed by atoms with Crippen molar-refractivity contribution in [3.8, 4) is 0 Å². The van der Waals surface area contributed by atoms with E-state index in [9.17, 15) is 9.18 Å². The van der Waals surface area contributed by atoms with Gasteiger partial charge in [0.05, 0.1) is 22.4 Å². The summed E-state index contributed by atoms with van der Waals surface area (Å²) in [5, 5.41) is 0.855. The number of hydrogen-bond donors (Lipinski definition) is 1. The number of halogens is 2. The number of rotatable bonds is 3. The topological polar surface area (TPSA) is 68.9 Å². The number of benzene rings is 1. The lowest BCUT2D eigenvalue weighted by atomic mass is 10.1. The van der Waals surface area contributed by atoms with Crippen LogP contribution in [0.3, 0.4) is 0 Å². The van der Waals surface area contributed by atoms with Crippen molar-refractivity contribution in [3.63, 3.8) is 0 Å². The highest BCUT2D eigenvalue weighted by Gasteiger charge is 2.12. The van der Waals surface area contributed by atoms with Crippen molar-refractivity contribution in [2.75, 3.05) is 0 Å². The van der Waals surface area contributed by atoms with Crippen LogP contribution in [-0.2, 0) is 0 Å². The van der Waals surface area contributed by atoms with Crippen LogP contribution in [0.4, 0.5) is 4.39 Å². The van der Waals surface area contributed by atoms with Gasteiger partial charge in [-0.05, 0) is 43.3 Å². The molecule has 0 saturated heterocycles. The third-order valence-corrected chi connectivity index (χ3v) is 4.59. The van der Waals surface area contributed by atoms with E-state index in [1.165, 1.54) is 31.3 Å². The average Bonchev–Trinajstić information content (AvgIpc) is 2.69. The van der Waals surface area contributed by atoms with Gasteiger partial charge in [-0.3, -0.25) is 9.78 Å². The van der Waals surface area contributed by atoms with Crippen LogP contribution in [0.25, 0.3) is 22.0 Å². The Hall–Kier alpha value is -2.36. The molecule has 0 aliphatic carbocycles. The molecule has 27 heavy (non-hydrogen) atoms. The van der Waals surface area contributed by atoms with Crippen LogP contribution in [0.5, 0.6) is 0 Å². The van der Waals surface area contributed by atoms with Gasteiger partial charge in [-0.2, -0.15) is 0 Å². The summed E-state index contributed by atoms with van der Waals surface area (Å²) < 4.78 is 14.1. The molecule has 3 aromatic rings. The first-order chi connectivity index (χ1) is 12.9. The standard InChI is InChI=1S/C18H14ClFN3OP.C2H6/c1-9(24)10-6-16-14(22-8-10)4-5-15(23-16)17(21)18(25)12-7-11(19)2-3-13(12)20;1-2/h2-8H,21,25H2,1H3;1-2H3/b18-17-;. The summed E-state index contributed by atoms with van der Waals surface area (Å²) in [5.74, 6) is -0.531. The molecule has 0 saturated carbocycles. The summed E-state index contributed by atoms with van der Waals surface area (Å²) in [7, 11) is 2.43. The molecular weight excluding hydrogens is 384 g/mol. The number of nitrogens with zero attached hydrogens (tertiary/aromatic N) is 2. The molecule has 0 aliphatic rings. The van der Waals surface area contributed by atoms with E-state index in [-0.39, 0.29) is 11.3 Å². The molecule has 7 heteroatoms. The van der Waals surface area contributed by atoms with Crippen molar-refractivity contribution in [2.45, 2.75) is 20.8 Å². The third-order valence-electron chi connectivity index (χ3n) is 3.73. The van der Waals surface area contributed by atoms with Crippen molar-refractivity contribution in [3.05, 3.63) is 70.3 Å². The minimum atomic E-state index is -0.432. The predicted octanol–water partition coefficient (Wildman–Crippen LogP) is 5.31. The number of hydrogen-bond acceptors (Lipinski definition) is 4. The molecule has 2 aromatic heterocycles. The van der Waals surface area contributed by atoms with Crippen molar-refractivity contribution < 1.29 is 9.18 Å². The van der Waals surface area contributed by atoms with Crippen molar-refractivity contribution >= 4 is 48.7 Å². The van der Waals surface area contributed by atoms with E-state index >= 15 is 0 Å². The molecule has 4 nitrogen and oxygen atoms in total. The predicted molar refractivity (Wildman–Crippen MR) is 113 cm³/mol. The molecule has 1 unspecified atom stereocenters. The Kier molecular flexibility index (Phi) is 7.00. The van der Waals surface area contributed by atoms with E-state index in [0.29, 0.717) is 38.3 Å². The zero-order valence-electron chi connectivity index (χ0n) is 15.3. The second-order valence-corrected chi connectivity index (χ2v) is 6.48. The lowest BCUT2D eigenvalue weighted by molar-refractivity contribution is 0.101. The zero-order valence-corrected chi connectivity index (χ0v) is 17.2. The summed E-state index contributed by atoms with van der Waals surface area (Å²) in [6.07, 6.45) is 1.51. The second-order valence-electron chi connectivity index (χ2n) is 5.47. The SMILES string of the molecule is CC.CC(=O)c1cnc2ccc(/C(N)=C(/P)c3cc(Cl)ccc3F)nc2c1. The minimum absolute atomic E-state index is 0.0992. The van der Waals surface area contributed by atoms with E-state index < -0.39 is 5.82 Å². The van der Waals surface area contributed by atoms with Crippen LogP contribution in [0.2, 0.25) is 5.02 Å². The lowest BCUT2D eigenvalue weighted by Crippen LogP contribution is -2.03. The summed E-state index contributed by atoms with van der Waals surface area (Å²) >= 11 is 5.94. The van der Waals surface area contributed by atoms with E-state index in [1.807, 2.05) is 13.8 Å². The molecule has 2 N–H and O–H groups in total. The smallest absolute Gasteiger partial charge is 0.161 e. The number of ketones is 1. The fourth-order valence-electron chi connectivity index (χ4n) is 2.34. The van der Waals surface area contributed by atoms with E-state index in [0.717, 1.165) is 0 Å². The number of nitrogens with two attached hydrogens (primary N) is 1. The summed E-state index contributed by atoms with van der Waals surface area (Å²) in [6.45, 7) is 5.46. The normalized spacial score (nSPS) is 11.5. The Balaban J connectivity index is 0.00000126. The molecular formula is C20H20ClFN3OP. The van der Waals surface area contributed by atoms with Gasteiger partial charge in [0, 0.05) is 27.7 Å². The van der Waals surface area contributed by atoms with E-state index in [2.05, 4.69) is 19.2 Å². The van der Waals surface area contributed by atoms with Gasteiger partial charge in [-0.25, -0.2) is 9.37 Å². The highest BCUT2D eigenvalue weighted by atomic mass is 35.5.